The standard InChI is InChI=1S/C17H13ClN4O.C16H11ClN4O/c1-12-20-14(4-3-13-5-7-19-16(18)9-13)11-22(12)15-6-8-21(2)17(23)10-15;1-11-20-13(3-2-12-4-6-18-15(17)8-12)10-21(11)14-5-7-19-16(22)9-14/h5-11H,1-2H3;4-10H,1H3,(H,19,22). The Morgan fingerprint density at radius 2 is 1.24 bits per heavy atom. The first-order valence-corrected chi connectivity index (χ1v) is 14.2. The number of halogens is 2. The summed E-state index contributed by atoms with van der Waals surface area (Å²) in [7, 11) is 1.71. The van der Waals surface area contributed by atoms with E-state index in [-0.39, 0.29) is 11.1 Å². The van der Waals surface area contributed by atoms with Gasteiger partial charge in [0.15, 0.2) is 0 Å². The smallest absolute Gasteiger partial charge is 0.252 e. The van der Waals surface area contributed by atoms with Crippen LogP contribution in [0.2, 0.25) is 10.3 Å². The van der Waals surface area contributed by atoms with Crippen LogP contribution < -0.4 is 11.1 Å². The van der Waals surface area contributed by atoms with Crippen molar-refractivity contribution in [1.82, 2.24) is 38.6 Å². The number of rotatable bonds is 2. The molecule has 0 atom stereocenters. The number of hydrogen-bond donors (Lipinski definition) is 1. The Kier molecular flexibility index (Phi) is 9.40. The topological polar surface area (TPSA) is 116 Å². The van der Waals surface area contributed by atoms with Gasteiger partial charge in [0.25, 0.3) is 5.56 Å². The second-order valence-corrected chi connectivity index (χ2v) is 10.3. The summed E-state index contributed by atoms with van der Waals surface area (Å²) in [4.78, 5) is 42.3. The highest BCUT2D eigenvalue weighted by Crippen LogP contribution is 2.12. The van der Waals surface area contributed by atoms with E-state index in [1.807, 2.05) is 29.0 Å². The minimum atomic E-state index is -0.162. The summed E-state index contributed by atoms with van der Waals surface area (Å²) in [6.07, 6.45) is 10.1. The fraction of sp³-hybridized carbons (Fsp3) is 0.0909. The van der Waals surface area contributed by atoms with E-state index in [0.717, 1.165) is 34.2 Å². The van der Waals surface area contributed by atoms with Crippen LogP contribution in [0.3, 0.4) is 0 Å². The van der Waals surface area contributed by atoms with Crippen LogP contribution in [-0.2, 0) is 7.05 Å². The number of aromatic nitrogens is 8. The van der Waals surface area contributed by atoms with E-state index in [0.29, 0.717) is 21.7 Å². The Balaban J connectivity index is 0.000000178. The minimum absolute atomic E-state index is 0.0744. The molecule has 0 saturated carbocycles. The normalized spacial score (nSPS) is 10.2. The van der Waals surface area contributed by atoms with Gasteiger partial charge in [0.2, 0.25) is 5.56 Å². The molecule has 12 heteroatoms. The lowest BCUT2D eigenvalue weighted by molar-refractivity contribution is 0.847. The molecule has 0 bridgehead atoms. The summed E-state index contributed by atoms with van der Waals surface area (Å²) >= 11 is 11.7. The highest BCUT2D eigenvalue weighted by atomic mass is 35.5. The molecule has 222 valence electrons. The molecule has 6 heterocycles. The van der Waals surface area contributed by atoms with E-state index in [2.05, 4.69) is 48.6 Å². The molecule has 0 aromatic carbocycles. The lowest BCUT2D eigenvalue weighted by atomic mass is 10.2. The zero-order valence-corrected chi connectivity index (χ0v) is 25.8. The predicted molar refractivity (Wildman–Crippen MR) is 173 cm³/mol. The molecule has 0 amide bonds. The van der Waals surface area contributed by atoms with Crippen LogP contribution in [0.25, 0.3) is 11.4 Å². The first-order valence-electron chi connectivity index (χ1n) is 13.4. The maximum atomic E-state index is 11.8. The lowest BCUT2D eigenvalue weighted by Gasteiger charge is -2.04. The zero-order valence-electron chi connectivity index (χ0n) is 24.3. The molecule has 0 aliphatic carbocycles. The van der Waals surface area contributed by atoms with Gasteiger partial charge in [0, 0.05) is 67.5 Å². The molecule has 0 aliphatic heterocycles. The molecule has 0 spiro atoms. The van der Waals surface area contributed by atoms with Gasteiger partial charge in [-0.15, -0.1) is 0 Å². The number of H-pyrrole nitrogens is 1. The highest BCUT2D eigenvalue weighted by molar-refractivity contribution is 6.29. The van der Waals surface area contributed by atoms with Gasteiger partial charge in [-0.05, 0) is 62.1 Å². The quantitative estimate of drug-likeness (QED) is 0.219. The van der Waals surface area contributed by atoms with E-state index in [1.165, 1.54) is 10.6 Å². The second kappa shape index (κ2) is 13.7. The summed E-state index contributed by atoms with van der Waals surface area (Å²) in [5, 5.41) is 0.802. The number of aromatic amines is 1. The molecule has 0 aliphatic rings. The van der Waals surface area contributed by atoms with Gasteiger partial charge < -0.3 is 18.7 Å². The van der Waals surface area contributed by atoms with Crippen molar-refractivity contribution in [2.24, 2.45) is 7.05 Å². The summed E-state index contributed by atoms with van der Waals surface area (Å²) in [6.45, 7) is 3.72. The van der Waals surface area contributed by atoms with E-state index < -0.39 is 0 Å². The third-order valence-electron chi connectivity index (χ3n) is 6.29. The van der Waals surface area contributed by atoms with Gasteiger partial charge in [-0.25, -0.2) is 19.9 Å². The van der Waals surface area contributed by atoms with Crippen LogP contribution in [0, 0.1) is 37.5 Å². The largest absolute Gasteiger partial charge is 0.329 e. The highest BCUT2D eigenvalue weighted by Gasteiger charge is 2.06. The number of hydrogen-bond acceptors (Lipinski definition) is 6. The monoisotopic (exact) mass is 634 g/mol. The van der Waals surface area contributed by atoms with Crippen LogP contribution >= 0.6 is 23.2 Å². The van der Waals surface area contributed by atoms with Crippen LogP contribution in [0.4, 0.5) is 0 Å². The molecule has 0 unspecified atom stereocenters. The van der Waals surface area contributed by atoms with Crippen molar-refractivity contribution in [1.29, 1.82) is 0 Å². The van der Waals surface area contributed by atoms with Crippen molar-refractivity contribution >= 4 is 23.2 Å². The van der Waals surface area contributed by atoms with Crippen molar-refractivity contribution in [3.05, 3.63) is 151 Å². The number of aryl methyl sites for hydroxylation is 3. The van der Waals surface area contributed by atoms with Gasteiger partial charge in [0.05, 0.1) is 11.4 Å². The van der Waals surface area contributed by atoms with Crippen LogP contribution in [0.5, 0.6) is 0 Å². The first-order chi connectivity index (χ1) is 21.6. The van der Waals surface area contributed by atoms with Gasteiger partial charge in [0.1, 0.15) is 33.3 Å². The molecule has 45 heavy (non-hydrogen) atoms. The lowest BCUT2D eigenvalue weighted by Crippen LogP contribution is -2.15. The Bertz CT molecular complexity index is 2260. The molecule has 0 fully saturated rings. The maximum Gasteiger partial charge on any atom is 0.252 e. The summed E-state index contributed by atoms with van der Waals surface area (Å²) in [5.74, 6) is 13.5. The fourth-order valence-corrected chi connectivity index (χ4v) is 4.44. The molecule has 10 nitrogen and oxygen atoms in total. The van der Waals surface area contributed by atoms with Crippen molar-refractivity contribution in [3.8, 4) is 35.1 Å². The van der Waals surface area contributed by atoms with Gasteiger partial charge in [-0.3, -0.25) is 9.59 Å². The summed E-state index contributed by atoms with van der Waals surface area (Å²) < 4.78 is 5.17. The number of pyridine rings is 4. The average molecular weight is 636 g/mol. The van der Waals surface area contributed by atoms with Crippen molar-refractivity contribution in [2.75, 3.05) is 0 Å². The van der Waals surface area contributed by atoms with Crippen LogP contribution in [0.15, 0.2) is 95.3 Å². The Morgan fingerprint density at radius 3 is 1.73 bits per heavy atom. The average Bonchev–Trinajstić information content (AvgIpc) is 3.58. The van der Waals surface area contributed by atoms with Gasteiger partial charge in [-0.1, -0.05) is 35.0 Å². The van der Waals surface area contributed by atoms with Crippen LogP contribution in [0.1, 0.15) is 34.2 Å². The molecule has 0 saturated heterocycles. The Morgan fingerprint density at radius 1 is 0.711 bits per heavy atom. The van der Waals surface area contributed by atoms with E-state index in [4.69, 9.17) is 23.2 Å². The van der Waals surface area contributed by atoms with E-state index in [9.17, 15) is 9.59 Å². The third-order valence-corrected chi connectivity index (χ3v) is 6.70. The SMILES string of the molecule is Cc1nc(C#Cc2ccnc(Cl)c2)cn1-c1cc[nH]c(=O)c1.Cc1nc(C#Cc2ccnc(Cl)c2)cn1-c1ccn(C)c(=O)c1. The first kappa shape index (κ1) is 30.8. The Hall–Kier alpha value is -5.68. The van der Waals surface area contributed by atoms with Gasteiger partial charge in [-0.2, -0.15) is 0 Å². The third kappa shape index (κ3) is 8.03. The molecule has 0 radical (unpaired) electrons. The summed E-state index contributed by atoms with van der Waals surface area (Å²) in [5.41, 5.74) is 4.04. The van der Waals surface area contributed by atoms with Crippen molar-refractivity contribution in [3.63, 3.8) is 0 Å². The van der Waals surface area contributed by atoms with E-state index in [1.54, 1.807) is 80.6 Å². The van der Waals surface area contributed by atoms with Crippen molar-refractivity contribution < 1.29 is 0 Å². The molecule has 6 aromatic rings. The molecular formula is C33H24Cl2N8O2. The predicted octanol–water partition coefficient (Wildman–Crippen LogP) is 4.64. The molecular weight excluding hydrogens is 611 g/mol. The van der Waals surface area contributed by atoms with Crippen molar-refractivity contribution in [2.45, 2.75) is 13.8 Å². The number of nitrogens with one attached hydrogen (secondary N) is 1. The number of nitrogens with zero attached hydrogens (tertiary/aromatic N) is 7. The molecule has 6 rings (SSSR count). The maximum absolute atomic E-state index is 11.8. The fourth-order valence-electron chi connectivity index (χ4n) is 4.09. The second-order valence-electron chi connectivity index (χ2n) is 9.57. The van der Waals surface area contributed by atoms with Gasteiger partial charge >= 0.3 is 0 Å². The van der Waals surface area contributed by atoms with Crippen LogP contribution in [-0.4, -0.2) is 38.6 Å². The molecule has 1 N–H and O–H groups in total. The minimum Gasteiger partial charge on any atom is -0.329 e. The summed E-state index contributed by atoms with van der Waals surface area (Å²) in [6, 6.07) is 13.7. The number of imidazole rings is 2. The Labute approximate surface area is 268 Å². The zero-order chi connectivity index (χ0) is 31.9. The van der Waals surface area contributed by atoms with E-state index >= 15 is 0 Å². The molecule has 6 aromatic heterocycles.